The number of carbonyl (C=O) groups is 1. The standard InChI is InChI=1S/C22H16F7N3O3/c1-11(33)18(22(27,28)29)30-19(34)16-10-17(12-5-7-13(8-6-12)21(24,25)26)31-32(20(16)35)15-4-2-3-14(23)9-15/h2-11,18,33H,1H3,(H,30,34)/t11-,18-/m1/s1. The highest BCUT2D eigenvalue weighted by molar-refractivity contribution is 5.95. The number of amides is 1. The first-order valence-electron chi connectivity index (χ1n) is 9.82. The van der Waals surface area contributed by atoms with E-state index in [1.807, 2.05) is 0 Å². The number of carbonyl (C=O) groups excluding carboxylic acids is 1. The van der Waals surface area contributed by atoms with Crippen LogP contribution in [0.2, 0.25) is 0 Å². The van der Waals surface area contributed by atoms with E-state index in [4.69, 9.17) is 0 Å². The largest absolute Gasteiger partial charge is 0.416 e. The second-order valence-electron chi connectivity index (χ2n) is 7.45. The number of halogens is 7. The van der Waals surface area contributed by atoms with Crippen molar-refractivity contribution in [3.8, 4) is 16.9 Å². The van der Waals surface area contributed by atoms with Crippen LogP contribution in [0.1, 0.15) is 22.8 Å². The van der Waals surface area contributed by atoms with Crippen LogP contribution in [0.4, 0.5) is 30.7 Å². The van der Waals surface area contributed by atoms with E-state index < -0.39 is 52.9 Å². The van der Waals surface area contributed by atoms with Gasteiger partial charge >= 0.3 is 12.4 Å². The molecule has 35 heavy (non-hydrogen) atoms. The number of rotatable bonds is 5. The maximum atomic E-state index is 13.7. The molecule has 0 spiro atoms. The Morgan fingerprint density at radius 3 is 2.17 bits per heavy atom. The molecular formula is C22H16F7N3O3. The van der Waals surface area contributed by atoms with Gasteiger partial charge in [0.25, 0.3) is 11.5 Å². The minimum Gasteiger partial charge on any atom is -0.391 e. The van der Waals surface area contributed by atoms with E-state index in [9.17, 15) is 45.4 Å². The first-order chi connectivity index (χ1) is 16.2. The van der Waals surface area contributed by atoms with Gasteiger partial charge in [-0.25, -0.2) is 4.39 Å². The highest BCUT2D eigenvalue weighted by Crippen LogP contribution is 2.31. The van der Waals surface area contributed by atoms with Crippen molar-refractivity contribution >= 4 is 5.91 Å². The Morgan fingerprint density at radius 2 is 1.66 bits per heavy atom. The average molecular weight is 503 g/mol. The van der Waals surface area contributed by atoms with E-state index in [-0.39, 0.29) is 16.9 Å². The van der Waals surface area contributed by atoms with E-state index in [1.54, 1.807) is 0 Å². The predicted octanol–water partition coefficient (Wildman–Crippen LogP) is 4.10. The summed E-state index contributed by atoms with van der Waals surface area (Å²) in [6, 6.07) is 5.80. The van der Waals surface area contributed by atoms with E-state index in [0.717, 1.165) is 37.3 Å². The van der Waals surface area contributed by atoms with Crippen molar-refractivity contribution in [1.29, 1.82) is 0 Å². The predicted molar refractivity (Wildman–Crippen MR) is 109 cm³/mol. The second-order valence-corrected chi connectivity index (χ2v) is 7.45. The minimum absolute atomic E-state index is 0.0138. The van der Waals surface area contributed by atoms with Crippen molar-refractivity contribution in [2.24, 2.45) is 0 Å². The number of nitrogens with one attached hydrogen (secondary N) is 1. The zero-order valence-electron chi connectivity index (χ0n) is 17.7. The number of benzene rings is 2. The molecule has 0 aliphatic carbocycles. The number of aliphatic hydroxyl groups excluding tert-OH is 1. The number of nitrogens with zero attached hydrogens (tertiary/aromatic N) is 2. The van der Waals surface area contributed by atoms with Gasteiger partial charge in [-0.3, -0.25) is 9.59 Å². The van der Waals surface area contributed by atoms with Crippen molar-refractivity contribution < 1.29 is 40.6 Å². The van der Waals surface area contributed by atoms with E-state index >= 15 is 0 Å². The van der Waals surface area contributed by atoms with Gasteiger partial charge < -0.3 is 10.4 Å². The average Bonchev–Trinajstić information content (AvgIpc) is 2.76. The molecule has 6 nitrogen and oxygen atoms in total. The maximum absolute atomic E-state index is 13.7. The molecule has 0 bridgehead atoms. The molecule has 3 aromatic rings. The molecule has 0 saturated heterocycles. The Kier molecular flexibility index (Phi) is 7.01. The summed E-state index contributed by atoms with van der Waals surface area (Å²) in [4.78, 5) is 25.6. The normalized spacial score (nSPS) is 13.9. The fourth-order valence-corrected chi connectivity index (χ4v) is 3.11. The van der Waals surface area contributed by atoms with Gasteiger partial charge in [-0.15, -0.1) is 0 Å². The fraction of sp³-hybridized carbons (Fsp3) is 0.227. The molecule has 3 rings (SSSR count). The van der Waals surface area contributed by atoms with Crippen LogP contribution in [-0.4, -0.2) is 39.1 Å². The summed E-state index contributed by atoms with van der Waals surface area (Å²) in [5, 5.41) is 14.9. The van der Waals surface area contributed by atoms with Crippen LogP contribution in [-0.2, 0) is 6.18 Å². The van der Waals surface area contributed by atoms with E-state index in [1.165, 1.54) is 17.4 Å². The van der Waals surface area contributed by atoms with Crippen LogP contribution in [0.3, 0.4) is 0 Å². The van der Waals surface area contributed by atoms with Crippen molar-refractivity contribution in [3.63, 3.8) is 0 Å². The molecule has 2 N–H and O–H groups in total. The Morgan fingerprint density at radius 1 is 1.03 bits per heavy atom. The van der Waals surface area contributed by atoms with Gasteiger partial charge in [0.05, 0.1) is 23.0 Å². The topological polar surface area (TPSA) is 84.2 Å². The number of alkyl halides is 6. The Bertz CT molecular complexity index is 1280. The zero-order valence-corrected chi connectivity index (χ0v) is 17.7. The molecule has 0 radical (unpaired) electrons. The Balaban J connectivity index is 2.17. The third-order valence-corrected chi connectivity index (χ3v) is 4.84. The van der Waals surface area contributed by atoms with Gasteiger partial charge in [-0.05, 0) is 43.3 Å². The van der Waals surface area contributed by atoms with Crippen molar-refractivity contribution in [2.75, 3.05) is 0 Å². The van der Waals surface area contributed by atoms with Crippen LogP contribution in [0, 0.1) is 5.82 Å². The maximum Gasteiger partial charge on any atom is 0.416 e. The first-order valence-corrected chi connectivity index (χ1v) is 9.82. The van der Waals surface area contributed by atoms with Crippen LogP contribution in [0.5, 0.6) is 0 Å². The SMILES string of the molecule is C[C@@H](O)[C@@H](NC(=O)c1cc(-c2ccc(C(F)(F)F)cc2)nn(-c2cccc(F)c2)c1=O)C(F)(F)F. The summed E-state index contributed by atoms with van der Waals surface area (Å²) in [7, 11) is 0. The number of aliphatic hydroxyl groups is 1. The summed E-state index contributed by atoms with van der Waals surface area (Å²) < 4.78 is 92.6. The summed E-state index contributed by atoms with van der Waals surface area (Å²) >= 11 is 0. The number of hydrogen-bond acceptors (Lipinski definition) is 4. The Hall–Kier alpha value is -3.74. The Labute approximate surface area is 192 Å². The highest BCUT2D eigenvalue weighted by Gasteiger charge is 2.44. The molecule has 13 heteroatoms. The van der Waals surface area contributed by atoms with Crippen LogP contribution in [0.15, 0.2) is 59.4 Å². The van der Waals surface area contributed by atoms with Crippen LogP contribution < -0.4 is 10.9 Å². The number of hydrogen-bond donors (Lipinski definition) is 2. The molecule has 0 saturated carbocycles. The molecular weight excluding hydrogens is 487 g/mol. The second kappa shape index (κ2) is 9.49. The van der Waals surface area contributed by atoms with E-state index in [0.29, 0.717) is 16.8 Å². The number of aromatic nitrogens is 2. The molecule has 1 amide bonds. The third kappa shape index (κ3) is 5.85. The summed E-state index contributed by atoms with van der Waals surface area (Å²) in [5.41, 5.74) is -3.55. The zero-order chi connectivity index (χ0) is 26.1. The van der Waals surface area contributed by atoms with Gasteiger partial charge in [0, 0.05) is 5.56 Å². The fourth-order valence-electron chi connectivity index (χ4n) is 3.11. The monoisotopic (exact) mass is 503 g/mol. The smallest absolute Gasteiger partial charge is 0.391 e. The summed E-state index contributed by atoms with van der Waals surface area (Å²) in [5.74, 6) is -2.33. The lowest BCUT2D eigenvalue weighted by atomic mass is 10.1. The minimum atomic E-state index is -5.06. The molecule has 2 aromatic carbocycles. The molecule has 0 fully saturated rings. The molecule has 0 aliphatic rings. The molecule has 2 atom stereocenters. The van der Waals surface area contributed by atoms with Gasteiger partial charge in [-0.1, -0.05) is 18.2 Å². The molecule has 1 heterocycles. The summed E-state index contributed by atoms with van der Waals surface area (Å²) in [6.07, 6.45) is -11.8. The highest BCUT2D eigenvalue weighted by atomic mass is 19.4. The van der Waals surface area contributed by atoms with E-state index in [2.05, 4.69) is 5.10 Å². The van der Waals surface area contributed by atoms with Gasteiger partial charge in [0.2, 0.25) is 0 Å². The molecule has 186 valence electrons. The van der Waals surface area contributed by atoms with Crippen molar-refractivity contribution in [1.82, 2.24) is 15.1 Å². The van der Waals surface area contributed by atoms with Gasteiger partial charge in [0.1, 0.15) is 11.4 Å². The lowest BCUT2D eigenvalue weighted by Crippen LogP contribution is -2.52. The van der Waals surface area contributed by atoms with Crippen LogP contribution in [0.25, 0.3) is 16.9 Å². The quantitative estimate of drug-likeness (QED) is 0.514. The molecule has 0 aliphatic heterocycles. The van der Waals surface area contributed by atoms with Crippen molar-refractivity contribution in [3.05, 3.63) is 81.9 Å². The lowest BCUT2D eigenvalue weighted by molar-refractivity contribution is -0.172. The first kappa shape index (κ1) is 25.9. The van der Waals surface area contributed by atoms with Gasteiger partial charge in [-0.2, -0.15) is 36.1 Å². The molecule has 1 aromatic heterocycles. The third-order valence-electron chi connectivity index (χ3n) is 4.84. The van der Waals surface area contributed by atoms with Crippen LogP contribution >= 0.6 is 0 Å². The molecule has 0 unspecified atom stereocenters. The van der Waals surface area contributed by atoms with Crippen molar-refractivity contribution in [2.45, 2.75) is 31.4 Å². The van der Waals surface area contributed by atoms with Gasteiger partial charge in [0.15, 0.2) is 6.04 Å². The summed E-state index contributed by atoms with van der Waals surface area (Å²) in [6.45, 7) is 0.781. The lowest BCUT2D eigenvalue weighted by Gasteiger charge is -2.24.